The number of amidine groups is 1. The molecule has 1 heterocycles. The zero-order chi connectivity index (χ0) is 22.5. The Hall–Kier alpha value is -0.670. The Balaban J connectivity index is 1.86. The Morgan fingerprint density at radius 1 is 0.742 bits per heavy atom. The highest BCUT2D eigenvalue weighted by atomic mass is 16.3. The predicted molar refractivity (Wildman–Crippen MR) is 138 cm³/mol. The molecule has 1 aliphatic rings. The maximum Gasteiger partial charge on any atom is 0.198 e. The molecule has 182 valence electrons. The van der Waals surface area contributed by atoms with Crippen molar-refractivity contribution in [1.29, 1.82) is 0 Å². The molecule has 1 rings (SSSR count). The summed E-state index contributed by atoms with van der Waals surface area (Å²) < 4.78 is 0.930. The van der Waals surface area contributed by atoms with Crippen molar-refractivity contribution in [2.24, 2.45) is 4.99 Å². The third kappa shape index (κ3) is 13.5. The molecular formula is C28H55N2O+. The van der Waals surface area contributed by atoms with Gasteiger partial charge in [-0.2, -0.15) is 0 Å². The molecule has 3 heteroatoms. The van der Waals surface area contributed by atoms with E-state index in [-0.39, 0.29) is 6.61 Å². The third-order valence-corrected chi connectivity index (χ3v) is 7.17. The van der Waals surface area contributed by atoms with Crippen LogP contribution in [-0.2, 0) is 0 Å². The monoisotopic (exact) mass is 435 g/mol. The second-order valence-electron chi connectivity index (χ2n) is 9.68. The van der Waals surface area contributed by atoms with E-state index in [1.807, 2.05) is 0 Å². The summed E-state index contributed by atoms with van der Waals surface area (Å²) in [5.74, 6) is 1.33. The number of nitrogens with zero attached hydrogens (tertiary/aromatic N) is 2. The van der Waals surface area contributed by atoms with Crippen LogP contribution in [0.2, 0.25) is 0 Å². The first-order valence-electron chi connectivity index (χ1n) is 13.9. The summed E-state index contributed by atoms with van der Waals surface area (Å²) >= 11 is 0. The van der Waals surface area contributed by atoms with Crippen molar-refractivity contribution in [2.75, 3.05) is 32.8 Å². The molecule has 0 radical (unpaired) electrons. The SMILES string of the molecule is CCCCCCCCCCCCCCCC/C=C/CCCC1=NCC[N+]1(CC)CCO. The van der Waals surface area contributed by atoms with Gasteiger partial charge < -0.3 is 5.11 Å². The lowest BCUT2D eigenvalue weighted by molar-refractivity contribution is -0.835. The predicted octanol–water partition coefficient (Wildman–Crippen LogP) is 7.83. The summed E-state index contributed by atoms with van der Waals surface area (Å²) in [7, 11) is 0. The topological polar surface area (TPSA) is 32.6 Å². The maximum atomic E-state index is 9.39. The Morgan fingerprint density at radius 2 is 1.26 bits per heavy atom. The van der Waals surface area contributed by atoms with Gasteiger partial charge in [0.2, 0.25) is 0 Å². The fourth-order valence-corrected chi connectivity index (χ4v) is 4.97. The Kier molecular flexibility index (Phi) is 18.3. The van der Waals surface area contributed by atoms with Gasteiger partial charge in [0.15, 0.2) is 5.84 Å². The molecule has 31 heavy (non-hydrogen) atoms. The number of likely N-dealkylation sites (N-methyl/N-ethyl adjacent to an activating group) is 1. The largest absolute Gasteiger partial charge is 0.390 e. The molecule has 0 saturated carbocycles. The summed E-state index contributed by atoms with van der Waals surface area (Å²) in [5, 5.41) is 9.39. The van der Waals surface area contributed by atoms with Crippen LogP contribution >= 0.6 is 0 Å². The van der Waals surface area contributed by atoms with E-state index in [0.29, 0.717) is 0 Å². The van der Waals surface area contributed by atoms with Gasteiger partial charge in [-0.25, -0.2) is 4.99 Å². The first-order chi connectivity index (χ1) is 15.3. The highest BCUT2D eigenvalue weighted by Crippen LogP contribution is 2.19. The van der Waals surface area contributed by atoms with Gasteiger partial charge in [-0.3, -0.25) is 4.48 Å². The highest BCUT2D eigenvalue weighted by molar-refractivity contribution is 5.76. The number of aliphatic hydroxyl groups is 1. The molecule has 0 saturated heterocycles. The highest BCUT2D eigenvalue weighted by Gasteiger charge is 2.35. The second-order valence-corrected chi connectivity index (χ2v) is 9.68. The lowest BCUT2D eigenvalue weighted by Crippen LogP contribution is -2.52. The molecule has 3 nitrogen and oxygen atoms in total. The molecule has 1 aliphatic heterocycles. The van der Waals surface area contributed by atoms with Gasteiger partial charge in [0.05, 0.1) is 19.7 Å². The molecule has 0 aromatic heterocycles. The van der Waals surface area contributed by atoms with Crippen LogP contribution < -0.4 is 0 Å². The second kappa shape index (κ2) is 20.0. The Bertz CT molecular complexity index is 460. The minimum Gasteiger partial charge on any atom is -0.390 e. The first-order valence-corrected chi connectivity index (χ1v) is 13.9. The van der Waals surface area contributed by atoms with Crippen molar-refractivity contribution in [2.45, 2.75) is 129 Å². The number of rotatable bonds is 22. The molecule has 0 aromatic carbocycles. The number of unbranched alkanes of at least 4 members (excludes halogenated alkanes) is 15. The van der Waals surface area contributed by atoms with E-state index >= 15 is 0 Å². The average Bonchev–Trinajstić information content (AvgIpc) is 3.18. The molecule has 1 unspecified atom stereocenters. The van der Waals surface area contributed by atoms with Crippen LogP contribution in [0.25, 0.3) is 0 Å². The molecule has 0 fully saturated rings. The molecular weight excluding hydrogens is 380 g/mol. The van der Waals surface area contributed by atoms with Gasteiger partial charge in [0.1, 0.15) is 13.1 Å². The average molecular weight is 436 g/mol. The van der Waals surface area contributed by atoms with Gasteiger partial charge in [-0.15, -0.1) is 0 Å². The van der Waals surface area contributed by atoms with Gasteiger partial charge in [0, 0.05) is 6.42 Å². The Labute approximate surface area is 195 Å². The van der Waals surface area contributed by atoms with Crippen molar-refractivity contribution < 1.29 is 9.59 Å². The standard InChI is InChI=1S/C28H55N2O/c1-3-5-6-7-8-9-10-11-12-13-14-15-16-17-18-19-20-21-22-23-28-29-24-25-30(28,4-2)26-27-31/h19-20,31H,3-18,21-27H2,1-2H3/q+1/b20-19+. The molecule has 0 aromatic rings. The maximum absolute atomic E-state index is 9.39. The zero-order valence-corrected chi connectivity index (χ0v) is 21.3. The van der Waals surface area contributed by atoms with E-state index in [4.69, 9.17) is 4.99 Å². The van der Waals surface area contributed by atoms with E-state index in [2.05, 4.69) is 26.0 Å². The van der Waals surface area contributed by atoms with E-state index < -0.39 is 0 Å². The molecule has 0 amide bonds. The van der Waals surface area contributed by atoms with Crippen molar-refractivity contribution in [3.05, 3.63) is 12.2 Å². The fourth-order valence-electron chi connectivity index (χ4n) is 4.97. The van der Waals surface area contributed by atoms with E-state index in [9.17, 15) is 5.11 Å². The first kappa shape index (κ1) is 28.4. The van der Waals surface area contributed by atoms with Crippen LogP contribution in [-0.4, -0.2) is 48.2 Å². The van der Waals surface area contributed by atoms with Crippen LogP contribution in [0.5, 0.6) is 0 Å². The summed E-state index contributed by atoms with van der Waals surface area (Å²) in [6, 6.07) is 0. The van der Waals surface area contributed by atoms with E-state index in [0.717, 1.165) is 37.1 Å². The van der Waals surface area contributed by atoms with Crippen LogP contribution in [0.3, 0.4) is 0 Å². The fraction of sp³-hybridized carbons (Fsp3) is 0.893. The zero-order valence-electron chi connectivity index (χ0n) is 21.3. The summed E-state index contributed by atoms with van der Waals surface area (Å²) in [4.78, 5) is 4.75. The molecule has 0 spiro atoms. The third-order valence-electron chi connectivity index (χ3n) is 7.17. The van der Waals surface area contributed by atoms with Gasteiger partial charge >= 0.3 is 0 Å². The van der Waals surface area contributed by atoms with Gasteiger partial charge in [-0.05, 0) is 32.6 Å². The summed E-state index contributed by atoms with van der Waals surface area (Å²) in [5.41, 5.74) is 0. The Morgan fingerprint density at radius 3 is 1.77 bits per heavy atom. The normalized spacial score (nSPS) is 18.9. The van der Waals surface area contributed by atoms with Crippen LogP contribution in [0.4, 0.5) is 0 Å². The molecule has 1 N–H and O–H groups in total. The summed E-state index contributed by atoms with van der Waals surface area (Å²) in [6.45, 7) is 8.72. The number of hydrogen-bond acceptors (Lipinski definition) is 2. The van der Waals surface area contributed by atoms with Crippen molar-refractivity contribution in [3.8, 4) is 0 Å². The van der Waals surface area contributed by atoms with Gasteiger partial charge in [0.25, 0.3) is 0 Å². The lowest BCUT2D eigenvalue weighted by Gasteiger charge is -2.33. The molecule has 0 aliphatic carbocycles. The van der Waals surface area contributed by atoms with Crippen molar-refractivity contribution in [1.82, 2.24) is 0 Å². The molecule has 0 bridgehead atoms. The van der Waals surface area contributed by atoms with Crippen molar-refractivity contribution in [3.63, 3.8) is 0 Å². The van der Waals surface area contributed by atoms with Crippen LogP contribution in [0.1, 0.15) is 129 Å². The number of hydrogen-bond donors (Lipinski definition) is 1. The minimum atomic E-state index is 0.270. The van der Waals surface area contributed by atoms with Gasteiger partial charge in [-0.1, -0.05) is 103 Å². The lowest BCUT2D eigenvalue weighted by atomic mass is 10.0. The number of allylic oxidation sites excluding steroid dienone is 2. The summed E-state index contributed by atoms with van der Waals surface area (Å²) in [6.07, 6.45) is 29.5. The van der Waals surface area contributed by atoms with Crippen LogP contribution in [0, 0.1) is 0 Å². The number of aliphatic imine (C=N–C) groups is 1. The van der Waals surface area contributed by atoms with Crippen LogP contribution in [0.15, 0.2) is 17.1 Å². The smallest absolute Gasteiger partial charge is 0.198 e. The van der Waals surface area contributed by atoms with Crippen molar-refractivity contribution >= 4 is 5.84 Å². The quantitative estimate of drug-likeness (QED) is 0.105. The number of quaternary nitrogens is 1. The minimum absolute atomic E-state index is 0.270. The molecule has 1 atom stereocenters. The van der Waals surface area contributed by atoms with E-state index in [1.165, 1.54) is 115 Å². The van der Waals surface area contributed by atoms with E-state index in [1.54, 1.807) is 0 Å². The number of aliphatic hydroxyl groups excluding tert-OH is 1.